The number of benzene rings is 1. The predicted octanol–water partition coefficient (Wildman–Crippen LogP) is 2.07. The molecular formula is C18H30N2O2. The molecule has 0 bridgehead atoms. The minimum absolute atomic E-state index is 0.360. The maximum absolute atomic E-state index is 10.2. The molecule has 0 aromatic heterocycles. The number of rotatable bonds is 7. The van der Waals surface area contributed by atoms with Crippen molar-refractivity contribution in [2.45, 2.75) is 33.3 Å². The van der Waals surface area contributed by atoms with Crippen molar-refractivity contribution in [3.63, 3.8) is 0 Å². The van der Waals surface area contributed by atoms with Gasteiger partial charge in [0.2, 0.25) is 0 Å². The van der Waals surface area contributed by atoms with Gasteiger partial charge in [0.1, 0.15) is 18.5 Å². The van der Waals surface area contributed by atoms with Crippen LogP contribution in [0.15, 0.2) is 18.2 Å². The standard InChI is InChI=1S/C18H30N2O2/c1-4-7-19-8-10-20(11-9-19)13-17(21)14-22-18-6-5-15(2)12-16(18)3/h5-6,12,17,21H,4,7-11,13-14H2,1-3H3/t17-/m0/s1. The fourth-order valence-corrected chi connectivity index (χ4v) is 3.01. The molecule has 1 saturated heterocycles. The summed E-state index contributed by atoms with van der Waals surface area (Å²) in [6.07, 6.45) is 0.783. The van der Waals surface area contributed by atoms with E-state index in [1.54, 1.807) is 0 Å². The number of hydrogen-bond acceptors (Lipinski definition) is 4. The lowest BCUT2D eigenvalue weighted by atomic mass is 10.1. The summed E-state index contributed by atoms with van der Waals surface area (Å²) < 4.78 is 5.77. The number of β-amino-alcohol motifs (C(OH)–C–C–N with tert-alkyl or cyclic N) is 1. The molecule has 2 rings (SSSR count). The Hall–Kier alpha value is -1.10. The van der Waals surface area contributed by atoms with E-state index >= 15 is 0 Å². The van der Waals surface area contributed by atoms with Gasteiger partial charge in [-0.3, -0.25) is 4.90 Å². The first-order chi connectivity index (χ1) is 10.6. The number of ether oxygens (including phenoxy) is 1. The summed E-state index contributed by atoms with van der Waals surface area (Å²) in [5, 5.41) is 10.2. The molecule has 0 amide bonds. The smallest absolute Gasteiger partial charge is 0.122 e. The van der Waals surface area contributed by atoms with E-state index in [1.807, 2.05) is 19.1 Å². The minimum Gasteiger partial charge on any atom is -0.491 e. The highest BCUT2D eigenvalue weighted by molar-refractivity contribution is 5.35. The number of nitrogens with zero attached hydrogens (tertiary/aromatic N) is 2. The third-order valence-corrected chi connectivity index (χ3v) is 4.24. The van der Waals surface area contributed by atoms with Crippen molar-refractivity contribution in [2.24, 2.45) is 0 Å². The van der Waals surface area contributed by atoms with Gasteiger partial charge in [0.15, 0.2) is 0 Å². The van der Waals surface area contributed by atoms with E-state index in [1.165, 1.54) is 18.5 Å². The molecule has 0 unspecified atom stereocenters. The van der Waals surface area contributed by atoms with Crippen LogP contribution in [0.4, 0.5) is 0 Å². The molecule has 1 heterocycles. The summed E-state index contributed by atoms with van der Waals surface area (Å²) in [6.45, 7) is 12.9. The zero-order chi connectivity index (χ0) is 15.9. The van der Waals surface area contributed by atoms with Crippen molar-refractivity contribution in [2.75, 3.05) is 45.9 Å². The van der Waals surface area contributed by atoms with E-state index in [4.69, 9.17) is 4.74 Å². The molecule has 0 spiro atoms. The van der Waals surface area contributed by atoms with Crippen LogP contribution < -0.4 is 4.74 Å². The molecule has 0 saturated carbocycles. The maximum Gasteiger partial charge on any atom is 0.122 e. The second-order valence-corrected chi connectivity index (χ2v) is 6.38. The van der Waals surface area contributed by atoms with Crippen molar-refractivity contribution in [1.29, 1.82) is 0 Å². The molecular weight excluding hydrogens is 276 g/mol. The summed E-state index contributed by atoms with van der Waals surface area (Å²) in [7, 11) is 0. The number of aryl methyl sites for hydroxylation is 2. The Labute approximate surface area is 134 Å². The molecule has 4 nitrogen and oxygen atoms in total. The molecule has 0 aliphatic carbocycles. The van der Waals surface area contributed by atoms with E-state index in [9.17, 15) is 5.11 Å². The quantitative estimate of drug-likeness (QED) is 0.836. The van der Waals surface area contributed by atoms with Crippen molar-refractivity contribution in [1.82, 2.24) is 9.80 Å². The van der Waals surface area contributed by atoms with Crippen LogP contribution in [0.5, 0.6) is 5.75 Å². The zero-order valence-electron chi connectivity index (χ0n) is 14.2. The topological polar surface area (TPSA) is 35.9 Å². The largest absolute Gasteiger partial charge is 0.491 e. The number of hydrogen-bond donors (Lipinski definition) is 1. The lowest BCUT2D eigenvalue weighted by molar-refractivity contribution is 0.0460. The summed E-state index contributed by atoms with van der Waals surface area (Å²) in [5.41, 5.74) is 2.36. The third-order valence-electron chi connectivity index (χ3n) is 4.24. The van der Waals surface area contributed by atoms with Gasteiger partial charge < -0.3 is 14.7 Å². The summed E-state index contributed by atoms with van der Waals surface area (Å²) in [4.78, 5) is 4.83. The second kappa shape index (κ2) is 8.51. The fourth-order valence-electron chi connectivity index (χ4n) is 3.01. The first kappa shape index (κ1) is 17.3. The first-order valence-corrected chi connectivity index (χ1v) is 8.41. The molecule has 22 heavy (non-hydrogen) atoms. The van der Waals surface area contributed by atoms with E-state index < -0.39 is 6.10 Å². The van der Waals surface area contributed by atoms with E-state index in [0.29, 0.717) is 13.2 Å². The minimum atomic E-state index is -0.432. The van der Waals surface area contributed by atoms with Crippen molar-refractivity contribution in [3.8, 4) is 5.75 Å². The summed E-state index contributed by atoms with van der Waals surface area (Å²) >= 11 is 0. The van der Waals surface area contributed by atoms with Crippen LogP contribution in [0.1, 0.15) is 24.5 Å². The van der Waals surface area contributed by atoms with Crippen molar-refractivity contribution < 1.29 is 9.84 Å². The Kier molecular flexibility index (Phi) is 6.68. The van der Waals surface area contributed by atoms with Gasteiger partial charge in [0, 0.05) is 32.7 Å². The molecule has 1 aromatic rings. The normalized spacial score (nSPS) is 18.4. The van der Waals surface area contributed by atoms with Crippen LogP contribution in [0.2, 0.25) is 0 Å². The van der Waals surface area contributed by atoms with Gasteiger partial charge in [0.05, 0.1) is 0 Å². The average Bonchev–Trinajstić information content (AvgIpc) is 2.49. The lowest BCUT2D eigenvalue weighted by Crippen LogP contribution is -2.49. The molecule has 1 atom stereocenters. The zero-order valence-corrected chi connectivity index (χ0v) is 14.2. The van der Waals surface area contributed by atoms with Gasteiger partial charge in [-0.15, -0.1) is 0 Å². The Balaban J connectivity index is 1.71. The second-order valence-electron chi connectivity index (χ2n) is 6.38. The van der Waals surface area contributed by atoms with E-state index in [0.717, 1.165) is 37.5 Å². The molecule has 1 aliphatic rings. The molecule has 1 aliphatic heterocycles. The van der Waals surface area contributed by atoms with Crippen LogP contribution in [-0.4, -0.2) is 66.9 Å². The van der Waals surface area contributed by atoms with Gasteiger partial charge in [-0.2, -0.15) is 0 Å². The molecule has 1 aromatic carbocycles. The van der Waals surface area contributed by atoms with E-state index in [-0.39, 0.29) is 0 Å². The molecule has 0 radical (unpaired) electrons. The van der Waals surface area contributed by atoms with Gasteiger partial charge >= 0.3 is 0 Å². The van der Waals surface area contributed by atoms with Crippen LogP contribution >= 0.6 is 0 Å². The predicted molar refractivity (Wildman–Crippen MR) is 90.6 cm³/mol. The maximum atomic E-state index is 10.2. The molecule has 4 heteroatoms. The summed E-state index contributed by atoms with van der Waals surface area (Å²) in [5.74, 6) is 0.873. The first-order valence-electron chi connectivity index (χ1n) is 8.41. The number of aliphatic hydroxyl groups is 1. The molecule has 1 N–H and O–H groups in total. The molecule has 124 valence electrons. The Morgan fingerprint density at radius 3 is 2.45 bits per heavy atom. The van der Waals surface area contributed by atoms with Crippen molar-refractivity contribution in [3.05, 3.63) is 29.3 Å². The Morgan fingerprint density at radius 1 is 1.14 bits per heavy atom. The summed E-state index contributed by atoms with van der Waals surface area (Å²) in [6, 6.07) is 6.14. The highest BCUT2D eigenvalue weighted by Crippen LogP contribution is 2.18. The monoisotopic (exact) mass is 306 g/mol. The highest BCUT2D eigenvalue weighted by atomic mass is 16.5. The van der Waals surface area contributed by atoms with Crippen LogP contribution in [-0.2, 0) is 0 Å². The third kappa shape index (κ3) is 5.27. The highest BCUT2D eigenvalue weighted by Gasteiger charge is 2.19. The lowest BCUT2D eigenvalue weighted by Gasteiger charge is -2.35. The van der Waals surface area contributed by atoms with Gasteiger partial charge in [0.25, 0.3) is 0 Å². The fraction of sp³-hybridized carbons (Fsp3) is 0.667. The van der Waals surface area contributed by atoms with Gasteiger partial charge in [-0.1, -0.05) is 24.6 Å². The van der Waals surface area contributed by atoms with Crippen LogP contribution in [0, 0.1) is 13.8 Å². The Bertz CT molecular complexity index is 456. The number of piperazine rings is 1. The van der Waals surface area contributed by atoms with Gasteiger partial charge in [-0.25, -0.2) is 0 Å². The van der Waals surface area contributed by atoms with Crippen LogP contribution in [0.25, 0.3) is 0 Å². The van der Waals surface area contributed by atoms with E-state index in [2.05, 4.69) is 29.7 Å². The molecule has 1 fully saturated rings. The average molecular weight is 306 g/mol. The Morgan fingerprint density at radius 2 is 1.82 bits per heavy atom. The van der Waals surface area contributed by atoms with Crippen molar-refractivity contribution >= 4 is 0 Å². The van der Waals surface area contributed by atoms with Gasteiger partial charge in [-0.05, 0) is 38.4 Å². The number of aliphatic hydroxyl groups excluding tert-OH is 1. The van der Waals surface area contributed by atoms with Crippen LogP contribution in [0.3, 0.4) is 0 Å². The SMILES string of the molecule is CCCN1CCN(C[C@H](O)COc2ccc(C)cc2C)CC1.